The predicted octanol–water partition coefficient (Wildman–Crippen LogP) is 3.13. The first kappa shape index (κ1) is 13.7. The van der Waals surface area contributed by atoms with E-state index in [1.54, 1.807) is 0 Å². The summed E-state index contributed by atoms with van der Waals surface area (Å²) in [4.78, 5) is 11.5. The van der Waals surface area contributed by atoms with E-state index in [1.165, 1.54) is 0 Å². The Morgan fingerprint density at radius 2 is 2.00 bits per heavy atom. The molecule has 0 unspecified atom stereocenters. The number of carbonyl (C=O) groups excluding carboxylic acids is 1. The highest BCUT2D eigenvalue weighted by Crippen LogP contribution is 2.44. The molecule has 1 atom stereocenters. The predicted molar refractivity (Wildman–Crippen MR) is 66.8 cm³/mol. The molecule has 1 saturated carbocycles. The van der Waals surface area contributed by atoms with Crippen LogP contribution < -0.4 is 10.6 Å². The second kappa shape index (κ2) is 4.38. The first-order chi connectivity index (χ1) is 9.82. The Morgan fingerprint density at radius 1 is 1.29 bits per heavy atom. The van der Waals surface area contributed by atoms with Gasteiger partial charge in [-0.1, -0.05) is 11.8 Å². The molecule has 2 aliphatic rings. The van der Waals surface area contributed by atoms with E-state index in [0.29, 0.717) is 0 Å². The maximum absolute atomic E-state index is 13.6. The topological polar surface area (TPSA) is 41.1 Å². The summed E-state index contributed by atoms with van der Waals surface area (Å²) in [7, 11) is 0. The van der Waals surface area contributed by atoms with E-state index < -0.39 is 29.1 Å². The summed E-state index contributed by atoms with van der Waals surface area (Å²) in [5.74, 6) is 3.74. The summed E-state index contributed by atoms with van der Waals surface area (Å²) in [6.45, 7) is 0. The monoisotopic (exact) mass is 298 g/mol. The summed E-state index contributed by atoms with van der Waals surface area (Å²) in [5.41, 5.74) is -3.40. The van der Waals surface area contributed by atoms with Gasteiger partial charge in [-0.25, -0.2) is 9.18 Å². The van der Waals surface area contributed by atoms with Crippen LogP contribution in [-0.2, 0) is 5.54 Å². The molecule has 0 aromatic heterocycles. The van der Waals surface area contributed by atoms with Gasteiger partial charge in [0, 0.05) is 17.2 Å². The Kier molecular flexibility index (Phi) is 2.87. The van der Waals surface area contributed by atoms with Crippen molar-refractivity contribution in [3.63, 3.8) is 0 Å². The van der Waals surface area contributed by atoms with Gasteiger partial charge in [-0.3, -0.25) is 0 Å². The van der Waals surface area contributed by atoms with Crippen molar-refractivity contribution in [1.29, 1.82) is 0 Å². The van der Waals surface area contributed by atoms with Crippen LogP contribution >= 0.6 is 0 Å². The Balaban J connectivity index is 2.22. The second-order valence-corrected chi connectivity index (χ2v) is 5.06. The molecule has 110 valence electrons. The van der Waals surface area contributed by atoms with Crippen LogP contribution in [0.25, 0.3) is 0 Å². The van der Waals surface area contributed by atoms with Gasteiger partial charge in [0.2, 0.25) is 5.54 Å². The summed E-state index contributed by atoms with van der Waals surface area (Å²) in [5, 5.41) is 4.05. The fraction of sp³-hybridized carbons (Fsp3) is 0.357. The maximum atomic E-state index is 13.6. The molecule has 2 N–H and O–H groups in total. The highest BCUT2D eigenvalue weighted by Gasteiger charge is 2.59. The van der Waals surface area contributed by atoms with Crippen LogP contribution in [0.4, 0.5) is 28.0 Å². The maximum Gasteiger partial charge on any atom is 0.427 e. The van der Waals surface area contributed by atoms with Crippen LogP contribution in [0, 0.1) is 23.6 Å². The lowest BCUT2D eigenvalue weighted by Gasteiger charge is -2.37. The lowest BCUT2D eigenvalue weighted by Crippen LogP contribution is -2.59. The van der Waals surface area contributed by atoms with E-state index in [2.05, 4.69) is 17.2 Å². The number of nitrogens with one attached hydrogen (secondary N) is 2. The Hall–Kier alpha value is -2.23. The van der Waals surface area contributed by atoms with Crippen LogP contribution in [-0.4, -0.2) is 12.2 Å². The van der Waals surface area contributed by atoms with Crippen LogP contribution in [0.1, 0.15) is 18.4 Å². The van der Waals surface area contributed by atoms with Crippen molar-refractivity contribution in [3.8, 4) is 11.8 Å². The zero-order valence-corrected chi connectivity index (χ0v) is 10.6. The SMILES string of the molecule is O=C1Nc2ccc(F)cc2[C@@](C#CC2CC2)(C(F)(F)F)N1. The fourth-order valence-electron chi connectivity index (χ4n) is 2.16. The van der Waals surface area contributed by atoms with Gasteiger partial charge in [0.05, 0.1) is 0 Å². The van der Waals surface area contributed by atoms with Crippen molar-refractivity contribution in [2.75, 3.05) is 5.32 Å². The molecule has 1 fully saturated rings. The number of alkyl halides is 3. The molecule has 1 aromatic carbocycles. The molecule has 1 aromatic rings. The largest absolute Gasteiger partial charge is 0.427 e. The zero-order valence-electron chi connectivity index (χ0n) is 10.6. The molecule has 21 heavy (non-hydrogen) atoms. The van der Waals surface area contributed by atoms with Crippen molar-refractivity contribution in [2.45, 2.75) is 24.6 Å². The smallest absolute Gasteiger partial charge is 0.310 e. The van der Waals surface area contributed by atoms with Gasteiger partial charge < -0.3 is 10.6 Å². The van der Waals surface area contributed by atoms with Gasteiger partial charge in [0.15, 0.2) is 0 Å². The number of urea groups is 1. The molecule has 0 saturated heterocycles. The van der Waals surface area contributed by atoms with Crippen LogP contribution in [0.15, 0.2) is 18.2 Å². The molecule has 7 heteroatoms. The highest BCUT2D eigenvalue weighted by molar-refractivity contribution is 5.94. The van der Waals surface area contributed by atoms with Gasteiger partial charge in [-0.05, 0) is 31.0 Å². The number of anilines is 1. The number of hydrogen-bond acceptors (Lipinski definition) is 1. The van der Waals surface area contributed by atoms with Crippen molar-refractivity contribution in [3.05, 3.63) is 29.6 Å². The third kappa shape index (κ3) is 2.31. The Labute approximate surface area is 117 Å². The van der Waals surface area contributed by atoms with Gasteiger partial charge >= 0.3 is 12.2 Å². The molecule has 1 aliphatic carbocycles. The number of carbonyl (C=O) groups is 1. The van der Waals surface area contributed by atoms with E-state index >= 15 is 0 Å². The summed E-state index contributed by atoms with van der Waals surface area (Å²) in [6.07, 6.45) is -3.39. The Morgan fingerprint density at radius 3 is 2.62 bits per heavy atom. The number of benzene rings is 1. The lowest BCUT2D eigenvalue weighted by atomic mass is 9.86. The van der Waals surface area contributed by atoms with Crippen LogP contribution in [0.3, 0.4) is 0 Å². The normalized spacial score (nSPS) is 24.3. The van der Waals surface area contributed by atoms with Crippen molar-refractivity contribution in [1.82, 2.24) is 5.32 Å². The number of amides is 2. The van der Waals surface area contributed by atoms with E-state index in [4.69, 9.17) is 0 Å². The van der Waals surface area contributed by atoms with E-state index in [0.717, 1.165) is 31.0 Å². The lowest BCUT2D eigenvalue weighted by molar-refractivity contribution is -0.178. The minimum absolute atomic E-state index is 0.0898. The molecule has 3 rings (SSSR count). The zero-order chi connectivity index (χ0) is 15.3. The number of fused-ring (bicyclic) bond motifs is 1. The van der Waals surface area contributed by atoms with Crippen molar-refractivity contribution < 1.29 is 22.4 Å². The molecule has 1 aliphatic heterocycles. The standard InChI is InChI=1S/C14H10F4N2O/c15-9-3-4-11-10(7-9)13(14(16,17)18,20-12(21)19-11)6-5-8-1-2-8/h3-4,7-8H,1-2H2,(H2,19,20,21)/t13-/m0/s1. The van der Waals surface area contributed by atoms with Gasteiger partial charge in [-0.15, -0.1) is 0 Å². The molecule has 3 nitrogen and oxygen atoms in total. The van der Waals surface area contributed by atoms with Gasteiger partial charge in [-0.2, -0.15) is 13.2 Å². The van der Waals surface area contributed by atoms with Crippen molar-refractivity contribution >= 4 is 11.7 Å². The third-order valence-electron chi connectivity index (χ3n) is 3.40. The Bertz CT molecular complexity index is 670. The average Bonchev–Trinajstić information content (AvgIpc) is 3.19. The number of halogens is 4. The van der Waals surface area contributed by atoms with E-state index in [-0.39, 0.29) is 11.6 Å². The molecular weight excluding hydrogens is 288 g/mol. The average molecular weight is 298 g/mol. The summed E-state index contributed by atoms with van der Waals surface area (Å²) >= 11 is 0. The first-order valence-electron chi connectivity index (χ1n) is 6.30. The van der Waals surface area contributed by atoms with Gasteiger partial charge in [0.25, 0.3) is 0 Å². The fourth-order valence-corrected chi connectivity index (χ4v) is 2.16. The van der Waals surface area contributed by atoms with Gasteiger partial charge in [0.1, 0.15) is 5.82 Å². The van der Waals surface area contributed by atoms with Crippen LogP contribution in [0.2, 0.25) is 0 Å². The molecule has 1 heterocycles. The minimum Gasteiger partial charge on any atom is -0.310 e. The van der Waals surface area contributed by atoms with E-state index in [9.17, 15) is 22.4 Å². The number of rotatable bonds is 0. The molecule has 2 amide bonds. The number of hydrogen-bond donors (Lipinski definition) is 2. The minimum atomic E-state index is -4.87. The molecule has 0 radical (unpaired) electrons. The summed E-state index contributed by atoms with van der Waals surface area (Å²) in [6, 6.07) is 1.82. The van der Waals surface area contributed by atoms with Crippen LogP contribution in [0.5, 0.6) is 0 Å². The summed E-state index contributed by atoms with van der Waals surface area (Å²) < 4.78 is 54.1. The van der Waals surface area contributed by atoms with E-state index in [1.807, 2.05) is 5.32 Å². The third-order valence-corrected chi connectivity index (χ3v) is 3.40. The highest BCUT2D eigenvalue weighted by atomic mass is 19.4. The molecule has 0 bridgehead atoms. The van der Waals surface area contributed by atoms with Crippen molar-refractivity contribution in [2.24, 2.45) is 5.92 Å². The molecular formula is C14H10F4N2O. The first-order valence-corrected chi connectivity index (χ1v) is 6.30. The quantitative estimate of drug-likeness (QED) is 0.561. The second-order valence-electron chi connectivity index (χ2n) is 5.06. The molecule has 0 spiro atoms.